The van der Waals surface area contributed by atoms with Crippen LogP contribution in [0.15, 0.2) is 18.2 Å². The third kappa shape index (κ3) is 7.17. The van der Waals surface area contributed by atoms with Crippen LogP contribution >= 0.6 is 34.5 Å². The monoisotopic (exact) mass is 541 g/mol. The van der Waals surface area contributed by atoms with Crippen LogP contribution in [-0.4, -0.2) is 73.6 Å². The van der Waals surface area contributed by atoms with E-state index in [1.165, 1.54) is 0 Å². The second kappa shape index (κ2) is 12.7. The number of nitrogens with zero attached hydrogens (tertiary/aromatic N) is 2. The molecule has 1 fully saturated rings. The highest BCUT2D eigenvalue weighted by Gasteiger charge is 2.28. The summed E-state index contributed by atoms with van der Waals surface area (Å²) >= 11 is 13.1. The van der Waals surface area contributed by atoms with Crippen molar-refractivity contribution in [2.45, 2.75) is 27.3 Å². The lowest BCUT2D eigenvalue weighted by atomic mass is 10.1. The van der Waals surface area contributed by atoms with Gasteiger partial charge in [0, 0.05) is 32.7 Å². The quantitative estimate of drug-likeness (QED) is 0.468. The van der Waals surface area contributed by atoms with E-state index in [-0.39, 0.29) is 36.1 Å². The van der Waals surface area contributed by atoms with Gasteiger partial charge in [-0.15, -0.1) is 11.3 Å². The Labute approximate surface area is 219 Å². The molecule has 190 valence electrons. The Balaban J connectivity index is 1.60. The van der Waals surface area contributed by atoms with Gasteiger partial charge in [0.25, 0.3) is 0 Å². The largest absolute Gasteiger partial charge is 0.462 e. The van der Waals surface area contributed by atoms with Crippen molar-refractivity contribution in [3.05, 3.63) is 49.8 Å². The fourth-order valence-electron chi connectivity index (χ4n) is 3.81. The van der Waals surface area contributed by atoms with E-state index in [0.29, 0.717) is 20.6 Å². The van der Waals surface area contributed by atoms with Crippen molar-refractivity contribution in [1.29, 1.82) is 0 Å². The zero-order valence-electron chi connectivity index (χ0n) is 20.0. The third-order valence-electron chi connectivity index (χ3n) is 5.56. The molecule has 1 aliphatic heterocycles. The van der Waals surface area contributed by atoms with Crippen molar-refractivity contribution < 1.29 is 23.9 Å². The van der Waals surface area contributed by atoms with E-state index < -0.39 is 11.9 Å². The lowest BCUT2D eigenvalue weighted by Gasteiger charge is -2.34. The van der Waals surface area contributed by atoms with Gasteiger partial charge in [0.05, 0.1) is 35.4 Å². The SMILES string of the molecule is CCOC(=O)c1sc(NC(=O)CN2CCN(Cc3ccc(Cl)c(Cl)c3)CC2)c(C(=O)OCC)c1C. The molecule has 8 nitrogen and oxygen atoms in total. The first kappa shape index (κ1) is 27.4. The molecule has 1 saturated heterocycles. The number of hydrogen-bond acceptors (Lipinski definition) is 8. The zero-order valence-corrected chi connectivity index (χ0v) is 22.3. The average molecular weight is 542 g/mol. The van der Waals surface area contributed by atoms with Crippen molar-refractivity contribution in [2.75, 3.05) is 51.3 Å². The zero-order chi connectivity index (χ0) is 25.5. The van der Waals surface area contributed by atoms with Crippen LogP contribution in [0.3, 0.4) is 0 Å². The minimum Gasteiger partial charge on any atom is -0.462 e. The molecule has 0 bridgehead atoms. The summed E-state index contributed by atoms with van der Waals surface area (Å²) < 4.78 is 10.2. The molecule has 1 aromatic heterocycles. The van der Waals surface area contributed by atoms with Crippen LogP contribution in [0.1, 0.15) is 45.0 Å². The van der Waals surface area contributed by atoms with Crippen LogP contribution in [0, 0.1) is 6.92 Å². The number of anilines is 1. The standard InChI is InChI=1S/C24H29Cl2N3O5S/c1-4-33-23(31)20-15(3)21(24(32)34-5-2)35-22(20)27-19(30)14-29-10-8-28(9-11-29)13-16-6-7-17(25)18(26)12-16/h6-7,12H,4-5,8-11,13-14H2,1-3H3,(H,27,30). The lowest BCUT2D eigenvalue weighted by molar-refractivity contribution is -0.117. The van der Waals surface area contributed by atoms with Crippen LogP contribution < -0.4 is 5.32 Å². The van der Waals surface area contributed by atoms with E-state index in [1.807, 2.05) is 12.1 Å². The summed E-state index contributed by atoms with van der Waals surface area (Å²) in [4.78, 5) is 42.3. The van der Waals surface area contributed by atoms with Crippen LogP contribution in [-0.2, 0) is 20.8 Å². The van der Waals surface area contributed by atoms with Gasteiger partial charge in [-0.1, -0.05) is 29.3 Å². The maximum absolute atomic E-state index is 12.8. The number of nitrogens with one attached hydrogen (secondary N) is 1. The van der Waals surface area contributed by atoms with Crippen LogP contribution in [0.2, 0.25) is 10.0 Å². The van der Waals surface area contributed by atoms with Gasteiger partial charge >= 0.3 is 11.9 Å². The van der Waals surface area contributed by atoms with E-state index >= 15 is 0 Å². The molecule has 1 amide bonds. The highest BCUT2D eigenvalue weighted by Crippen LogP contribution is 2.34. The van der Waals surface area contributed by atoms with Crippen molar-refractivity contribution in [3.63, 3.8) is 0 Å². The van der Waals surface area contributed by atoms with E-state index in [9.17, 15) is 14.4 Å². The van der Waals surface area contributed by atoms with Gasteiger partial charge in [-0.25, -0.2) is 9.59 Å². The highest BCUT2D eigenvalue weighted by molar-refractivity contribution is 7.18. The molecule has 1 aliphatic rings. The summed E-state index contributed by atoms with van der Waals surface area (Å²) in [6, 6.07) is 5.63. The number of carbonyl (C=O) groups excluding carboxylic acids is 3. The molecule has 2 aromatic rings. The maximum atomic E-state index is 12.8. The summed E-state index contributed by atoms with van der Waals surface area (Å²) in [6.45, 7) is 9.42. The number of hydrogen-bond donors (Lipinski definition) is 1. The van der Waals surface area contributed by atoms with E-state index in [1.54, 1.807) is 26.8 Å². The molecule has 0 spiro atoms. The van der Waals surface area contributed by atoms with E-state index in [0.717, 1.165) is 49.6 Å². The van der Waals surface area contributed by atoms with Crippen molar-refractivity contribution in [1.82, 2.24) is 9.80 Å². The summed E-state index contributed by atoms with van der Waals surface area (Å²) in [5.74, 6) is -1.37. The number of amides is 1. The number of carbonyl (C=O) groups is 3. The molecule has 11 heteroatoms. The topological polar surface area (TPSA) is 88.2 Å². The van der Waals surface area contributed by atoms with Crippen LogP contribution in [0.25, 0.3) is 0 Å². The molecular formula is C24H29Cl2N3O5S. The van der Waals surface area contributed by atoms with Gasteiger partial charge in [0.2, 0.25) is 5.91 Å². The second-order valence-corrected chi connectivity index (χ2v) is 9.89. The Morgan fingerprint density at radius 3 is 2.23 bits per heavy atom. The molecule has 0 saturated carbocycles. The predicted molar refractivity (Wildman–Crippen MR) is 138 cm³/mol. The fraction of sp³-hybridized carbons (Fsp3) is 0.458. The van der Waals surface area contributed by atoms with Gasteiger partial charge in [-0.3, -0.25) is 14.6 Å². The fourth-order valence-corrected chi connectivity index (χ4v) is 5.24. The summed E-state index contributed by atoms with van der Waals surface area (Å²) in [5, 5.41) is 4.18. The molecule has 35 heavy (non-hydrogen) atoms. The molecule has 0 atom stereocenters. The Hall–Kier alpha value is -2.17. The first-order valence-corrected chi connectivity index (χ1v) is 13.0. The van der Waals surface area contributed by atoms with E-state index in [2.05, 4.69) is 15.1 Å². The number of halogens is 2. The Morgan fingerprint density at radius 2 is 1.60 bits per heavy atom. The number of esters is 2. The Kier molecular flexibility index (Phi) is 9.94. The Bertz CT molecular complexity index is 1080. The smallest absolute Gasteiger partial charge is 0.348 e. The number of benzene rings is 1. The first-order chi connectivity index (χ1) is 16.7. The number of ether oxygens (including phenoxy) is 2. The minimum atomic E-state index is -0.581. The maximum Gasteiger partial charge on any atom is 0.348 e. The van der Waals surface area contributed by atoms with Gasteiger partial charge < -0.3 is 14.8 Å². The summed E-state index contributed by atoms with van der Waals surface area (Å²) in [5.41, 5.74) is 1.72. The summed E-state index contributed by atoms with van der Waals surface area (Å²) in [7, 11) is 0. The highest BCUT2D eigenvalue weighted by atomic mass is 35.5. The lowest BCUT2D eigenvalue weighted by Crippen LogP contribution is -2.48. The molecule has 0 radical (unpaired) electrons. The van der Waals surface area contributed by atoms with Crippen molar-refractivity contribution in [2.24, 2.45) is 0 Å². The minimum absolute atomic E-state index is 0.175. The third-order valence-corrected chi connectivity index (χ3v) is 7.49. The number of thiophene rings is 1. The molecule has 1 aromatic carbocycles. The molecule has 2 heterocycles. The van der Waals surface area contributed by atoms with Gasteiger partial charge in [0.15, 0.2) is 0 Å². The summed E-state index contributed by atoms with van der Waals surface area (Å²) in [6.07, 6.45) is 0. The normalized spacial score (nSPS) is 14.5. The molecular weight excluding hydrogens is 513 g/mol. The van der Waals surface area contributed by atoms with Crippen LogP contribution in [0.4, 0.5) is 5.00 Å². The number of piperazine rings is 1. The van der Waals surface area contributed by atoms with Gasteiger partial charge in [-0.05, 0) is 44.0 Å². The molecule has 1 N–H and O–H groups in total. The van der Waals surface area contributed by atoms with E-state index in [4.69, 9.17) is 32.7 Å². The van der Waals surface area contributed by atoms with Crippen LogP contribution in [0.5, 0.6) is 0 Å². The van der Waals surface area contributed by atoms with Gasteiger partial charge in [-0.2, -0.15) is 0 Å². The average Bonchev–Trinajstić information content (AvgIpc) is 3.13. The molecule has 0 aliphatic carbocycles. The first-order valence-electron chi connectivity index (χ1n) is 11.4. The molecule has 3 rings (SSSR count). The predicted octanol–water partition coefficient (Wildman–Crippen LogP) is 4.47. The van der Waals surface area contributed by atoms with Crippen molar-refractivity contribution >= 4 is 57.4 Å². The van der Waals surface area contributed by atoms with Crippen molar-refractivity contribution in [3.8, 4) is 0 Å². The number of rotatable bonds is 9. The van der Waals surface area contributed by atoms with Gasteiger partial charge in [0.1, 0.15) is 9.88 Å². The molecule has 0 unspecified atom stereocenters. The Morgan fingerprint density at radius 1 is 0.971 bits per heavy atom. The second-order valence-electron chi connectivity index (χ2n) is 8.05.